The molecule has 8 nitrogen and oxygen atoms in total. The second-order valence-corrected chi connectivity index (χ2v) is 4.54. The molecular weight excluding hydrogens is 302 g/mol. The van der Waals surface area contributed by atoms with Crippen LogP contribution in [0.5, 0.6) is 5.75 Å². The lowest BCUT2D eigenvalue weighted by Crippen LogP contribution is -2.06. The van der Waals surface area contributed by atoms with E-state index in [1.807, 2.05) is 0 Å². The molecule has 0 bridgehead atoms. The first-order chi connectivity index (χ1) is 11.1. The zero-order valence-corrected chi connectivity index (χ0v) is 11.5. The lowest BCUT2D eigenvalue weighted by Gasteiger charge is -2.02. The summed E-state index contributed by atoms with van der Waals surface area (Å²) in [5, 5.41) is 21.1. The first kappa shape index (κ1) is 14.4. The van der Waals surface area contributed by atoms with Gasteiger partial charge in [-0.05, 0) is 18.2 Å². The lowest BCUT2D eigenvalue weighted by atomic mass is 10.1. The van der Waals surface area contributed by atoms with Crippen LogP contribution in [0.3, 0.4) is 0 Å². The maximum absolute atomic E-state index is 11.9. The molecular formula is C15H9N3O5. The number of aliphatic imine (C=N–C) groups is 1. The highest BCUT2D eigenvalue weighted by atomic mass is 16.6. The van der Waals surface area contributed by atoms with Crippen LogP contribution in [0.2, 0.25) is 0 Å². The van der Waals surface area contributed by atoms with Gasteiger partial charge in [0.15, 0.2) is 5.82 Å². The third-order valence-electron chi connectivity index (χ3n) is 3.09. The average molecular weight is 311 g/mol. The van der Waals surface area contributed by atoms with Crippen molar-refractivity contribution in [3.05, 3.63) is 68.7 Å². The van der Waals surface area contributed by atoms with Crippen molar-refractivity contribution in [1.29, 1.82) is 0 Å². The van der Waals surface area contributed by atoms with E-state index in [0.717, 1.165) is 12.4 Å². The smallest absolute Gasteiger partial charge is 0.348 e. The topological polar surface area (TPSA) is 119 Å². The number of pyridine rings is 1. The van der Waals surface area contributed by atoms with Gasteiger partial charge in [-0.3, -0.25) is 10.1 Å². The van der Waals surface area contributed by atoms with Gasteiger partial charge >= 0.3 is 5.63 Å². The first-order valence-electron chi connectivity index (χ1n) is 6.45. The fourth-order valence-corrected chi connectivity index (χ4v) is 1.96. The standard InChI is InChI=1S/C15H9N3O5/c19-14-10-3-1-2-4-12(10)23-15(20)11(14)8-17-13-6-5-9(7-16-13)18(21)22/h1-8,19H. The van der Waals surface area contributed by atoms with Crippen LogP contribution < -0.4 is 5.63 Å². The van der Waals surface area contributed by atoms with Crippen molar-refractivity contribution in [1.82, 2.24) is 4.98 Å². The quantitative estimate of drug-likeness (QED) is 0.343. The van der Waals surface area contributed by atoms with Gasteiger partial charge in [0.25, 0.3) is 5.69 Å². The highest BCUT2D eigenvalue weighted by Gasteiger charge is 2.12. The summed E-state index contributed by atoms with van der Waals surface area (Å²) in [4.78, 5) is 29.6. The number of nitrogens with zero attached hydrogens (tertiary/aromatic N) is 3. The van der Waals surface area contributed by atoms with Crippen LogP contribution in [-0.2, 0) is 0 Å². The molecule has 1 aromatic carbocycles. The zero-order valence-electron chi connectivity index (χ0n) is 11.5. The lowest BCUT2D eigenvalue weighted by molar-refractivity contribution is -0.385. The van der Waals surface area contributed by atoms with Crippen molar-refractivity contribution in [3.8, 4) is 5.75 Å². The van der Waals surface area contributed by atoms with Gasteiger partial charge in [-0.25, -0.2) is 14.8 Å². The Labute approximate surface area is 128 Å². The number of nitro groups is 1. The molecule has 1 N–H and O–H groups in total. The molecule has 0 atom stereocenters. The molecule has 23 heavy (non-hydrogen) atoms. The molecule has 0 saturated heterocycles. The van der Waals surface area contributed by atoms with Crippen molar-refractivity contribution in [2.24, 2.45) is 4.99 Å². The van der Waals surface area contributed by atoms with E-state index in [0.29, 0.717) is 5.39 Å². The van der Waals surface area contributed by atoms with Gasteiger partial charge in [0.1, 0.15) is 23.1 Å². The Kier molecular flexibility index (Phi) is 3.55. The molecule has 2 aromatic heterocycles. The number of aromatic nitrogens is 1. The van der Waals surface area contributed by atoms with Gasteiger partial charge in [0.2, 0.25) is 0 Å². The minimum atomic E-state index is -0.744. The van der Waals surface area contributed by atoms with E-state index < -0.39 is 10.5 Å². The van der Waals surface area contributed by atoms with E-state index in [9.17, 15) is 20.0 Å². The molecule has 0 aliphatic heterocycles. The van der Waals surface area contributed by atoms with E-state index in [2.05, 4.69) is 9.98 Å². The molecule has 3 rings (SSSR count). The van der Waals surface area contributed by atoms with Crippen LogP contribution in [0.4, 0.5) is 11.5 Å². The zero-order chi connectivity index (χ0) is 16.4. The van der Waals surface area contributed by atoms with Gasteiger partial charge in [-0.2, -0.15) is 0 Å². The summed E-state index contributed by atoms with van der Waals surface area (Å²) in [7, 11) is 0. The van der Waals surface area contributed by atoms with Crippen molar-refractivity contribution in [3.63, 3.8) is 0 Å². The van der Waals surface area contributed by atoms with Crippen molar-refractivity contribution < 1.29 is 14.4 Å². The predicted molar refractivity (Wildman–Crippen MR) is 82.3 cm³/mol. The second kappa shape index (κ2) is 5.68. The van der Waals surface area contributed by atoms with Gasteiger partial charge in [-0.1, -0.05) is 12.1 Å². The third kappa shape index (κ3) is 2.77. The van der Waals surface area contributed by atoms with E-state index in [4.69, 9.17) is 4.42 Å². The van der Waals surface area contributed by atoms with Crippen LogP contribution in [0.15, 0.2) is 56.8 Å². The Morgan fingerprint density at radius 3 is 2.74 bits per heavy atom. The first-order valence-corrected chi connectivity index (χ1v) is 6.45. The number of hydrogen-bond donors (Lipinski definition) is 1. The Hall–Kier alpha value is -3.55. The summed E-state index contributed by atoms with van der Waals surface area (Å²) >= 11 is 0. The van der Waals surface area contributed by atoms with Crippen LogP contribution in [-0.4, -0.2) is 21.2 Å². The Morgan fingerprint density at radius 2 is 2.04 bits per heavy atom. The molecule has 0 saturated carbocycles. The van der Waals surface area contributed by atoms with E-state index >= 15 is 0 Å². The SMILES string of the molecule is O=c1oc2ccccc2c(O)c1C=Nc1ccc([N+](=O)[O-])cn1. The Bertz CT molecular complexity index is 977. The third-order valence-corrected chi connectivity index (χ3v) is 3.09. The molecule has 114 valence electrons. The molecule has 0 aliphatic rings. The summed E-state index contributed by atoms with van der Waals surface area (Å²) in [5.74, 6) is -0.0925. The van der Waals surface area contributed by atoms with Crippen LogP contribution in [0.25, 0.3) is 11.0 Å². The predicted octanol–water partition coefficient (Wildman–Crippen LogP) is 2.55. The molecule has 0 unspecified atom stereocenters. The van der Waals surface area contributed by atoms with Crippen molar-refractivity contribution in [2.75, 3.05) is 0 Å². The molecule has 0 aliphatic carbocycles. The Morgan fingerprint density at radius 1 is 1.26 bits per heavy atom. The Balaban J connectivity index is 2.00. The molecule has 0 amide bonds. The summed E-state index contributed by atoms with van der Waals surface area (Å²) in [5.41, 5.74) is -0.770. The summed E-state index contributed by atoms with van der Waals surface area (Å²) in [6.07, 6.45) is 2.16. The maximum Gasteiger partial charge on any atom is 0.348 e. The monoisotopic (exact) mass is 311 g/mol. The van der Waals surface area contributed by atoms with Crippen LogP contribution >= 0.6 is 0 Å². The molecule has 2 heterocycles. The number of benzene rings is 1. The van der Waals surface area contributed by atoms with E-state index in [1.165, 1.54) is 12.1 Å². The highest BCUT2D eigenvalue weighted by Crippen LogP contribution is 2.25. The maximum atomic E-state index is 11.9. The highest BCUT2D eigenvalue weighted by molar-refractivity contribution is 5.94. The molecule has 0 radical (unpaired) electrons. The van der Waals surface area contributed by atoms with Gasteiger partial charge in [-0.15, -0.1) is 0 Å². The van der Waals surface area contributed by atoms with Crippen molar-refractivity contribution in [2.45, 2.75) is 0 Å². The molecule has 0 spiro atoms. The van der Waals surface area contributed by atoms with Gasteiger partial charge in [0.05, 0.1) is 10.3 Å². The van der Waals surface area contributed by atoms with Crippen LogP contribution in [0, 0.1) is 10.1 Å². The fraction of sp³-hybridized carbons (Fsp3) is 0. The number of para-hydroxylation sites is 1. The number of aromatic hydroxyl groups is 1. The summed E-state index contributed by atoms with van der Waals surface area (Å²) < 4.78 is 5.10. The van der Waals surface area contributed by atoms with E-state index in [1.54, 1.807) is 24.3 Å². The number of fused-ring (bicyclic) bond motifs is 1. The normalized spacial score (nSPS) is 11.1. The number of rotatable bonds is 3. The summed E-state index contributed by atoms with van der Waals surface area (Å²) in [6.45, 7) is 0. The second-order valence-electron chi connectivity index (χ2n) is 4.54. The van der Waals surface area contributed by atoms with Crippen molar-refractivity contribution >= 4 is 28.7 Å². The molecule has 3 aromatic rings. The minimum absolute atomic E-state index is 0.121. The minimum Gasteiger partial charge on any atom is -0.506 e. The largest absolute Gasteiger partial charge is 0.506 e. The van der Waals surface area contributed by atoms with Gasteiger partial charge in [0, 0.05) is 12.3 Å². The van der Waals surface area contributed by atoms with E-state index in [-0.39, 0.29) is 28.4 Å². The fourth-order valence-electron chi connectivity index (χ4n) is 1.96. The summed E-state index contributed by atoms with van der Waals surface area (Å²) in [6, 6.07) is 9.11. The number of hydrogen-bond acceptors (Lipinski definition) is 7. The molecule has 0 fully saturated rings. The van der Waals surface area contributed by atoms with Gasteiger partial charge < -0.3 is 9.52 Å². The average Bonchev–Trinajstić information content (AvgIpc) is 2.55. The molecule has 8 heteroatoms. The van der Waals surface area contributed by atoms with Crippen LogP contribution in [0.1, 0.15) is 5.56 Å².